The quantitative estimate of drug-likeness (QED) is 0.840. The van der Waals surface area contributed by atoms with E-state index in [2.05, 4.69) is 0 Å². The van der Waals surface area contributed by atoms with Crippen LogP contribution in [0.5, 0.6) is 0 Å². The minimum atomic E-state index is -0.327. The lowest BCUT2D eigenvalue weighted by Gasteiger charge is -2.06. The minimum absolute atomic E-state index is 0.327. The summed E-state index contributed by atoms with van der Waals surface area (Å²) in [7, 11) is 1.38. The first kappa shape index (κ1) is 12.3. The normalized spacial score (nSPS) is 10.1. The van der Waals surface area contributed by atoms with Crippen molar-refractivity contribution in [2.45, 2.75) is 6.54 Å². The first-order chi connectivity index (χ1) is 8.74. The van der Waals surface area contributed by atoms with Crippen LogP contribution < -0.4 is 5.73 Å². The van der Waals surface area contributed by atoms with Gasteiger partial charge in [0.1, 0.15) is 0 Å². The van der Waals surface area contributed by atoms with E-state index < -0.39 is 0 Å². The first-order valence-electron chi connectivity index (χ1n) is 5.72. The Morgan fingerprint density at radius 3 is 2.44 bits per heavy atom. The van der Waals surface area contributed by atoms with Gasteiger partial charge in [-0.3, -0.25) is 0 Å². The first-order valence-corrected chi connectivity index (χ1v) is 5.72. The number of nitrogens with two attached hydrogens (primary N) is 1. The number of methoxy groups -OCH3 is 1. The van der Waals surface area contributed by atoms with Gasteiger partial charge in [-0.15, -0.1) is 0 Å². The smallest absolute Gasteiger partial charge is 0.337 e. The lowest BCUT2D eigenvalue weighted by Crippen LogP contribution is -2.01. The van der Waals surface area contributed by atoms with E-state index in [0.29, 0.717) is 12.1 Å². The SMILES string of the molecule is COC(=O)c1cccc(-c2cccc(CN)c2)c1. The summed E-state index contributed by atoms with van der Waals surface area (Å²) in [5.41, 5.74) is 9.26. The Hall–Kier alpha value is -2.13. The van der Waals surface area contributed by atoms with Crippen LogP contribution in [0.25, 0.3) is 11.1 Å². The van der Waals surface area contributed by atoms with E-state index in [1.807, 2.05) is 42.5 Å². The molecule has 0 amide bonds. The molecule has 0 fully saturated rings. The summed E-state index contributed by atoms with van der Waals surface area (Å²) in [6, 6.07) is 15.3. The molecule has 0 aliphatic heterocycles. The van der Waals surface area contributed by atoms with E-state index in [0.717, 1.165) is 16.7 Å². The van der Waals surface area contributed by atoms with E-state index in [1.54, 1.807) is 6.07 Å². The summed E-state index contributed by atoms with van der Waals surface area (Å²) in [6.45, 7) is 0.504. The van der Waals surface area contributed by atoms with Crippen molar-refractivity contribution in [3.05, 3.63) is 59.7 Å². The van der Waals surface area contributed by atoms with E-state index in [9.17, 15) is 4.79 Å². The van der Waals surface area contributed by atoms with Crippen LogP contribution in [0.1, 0.15) is 15.9 Å². The molecule has 3 heteroatoms. The number of carbonyl (C=O) groups excluding carboxylic acids is 1. The van der Waals surface area contributed by atoms with E-state index in [4.69, 9.17) is 10.5 Å². The van der Waals surface area contributed by atoms with Crippen molar-refractivity contribution in [1.29, 1.82) is 0 Å². The zero-order valence-electron chi connectivity index (χ0n) is 10.2. The molecule has 0 bridgehead atoms. The second-order valence-electron chi connectivity index (χ2n) is 3.98. The van der Waals surface area contributed by atoms with Crippen molar-refractivity contribution >= 4 is 5.97 Å². The van der Waals surface area contributed by atoms with Gasteiger partial charge in [0.05, 0.1) is 12.7 Å². The van der Waals surface area contributed by atoms with Crippen LogP contribution in [-0.2, 0) is 11.3 Å². The maximum atomic E-state index is 11.5. The second-order valence-corrected chi connectivity index (χ2v) is 3.98. The standard InChI is InChI=1S/C15H15NO2/c1-18-15(17)14-7-3-6-13(9-14)12-5-2-4-11(8-12)10-16/h2-9H,10,16H2,1H3. The van der Waals surface area contributed by atoms with Crippen molar-refractivity contribution < 1.29 is 9.53 Å². The van der Waals surface area contributed by atoms with Gasteiger partial charge in [-0.05, 0) is 34.9 Å². The van der Waals surface area contributed by atoms with Crippen LogP contribution in [0, 0.1) is 0 Å². The Morgan fingerprint density at radius 1 is 1.11 bits per heavy atom. The highest BCUT2D eigenvalue weighted by Crippen LogP contribution is 2.21. The number of ether oxygens (including phenoxy) is 1. The van der Waals surface area contributed by atoms with Crippen molar-refractivity contribution in [2.75, 3.05) is 7.11 Å². The Balaban J connectivity index is 2.41. The van der Waals surface area contributed by atoms with Gasteiger partial charge in [0.2, 0.25) is 0 Å². The number of benzene rings is 2. The minimum Gasteiger partial charge on any atom is -0.465 e. The number of carbonyl (C=O) groups is 1. The third-order valence-corrected chi connectivity index (χ3v) is 2.78. The molecule has 0 saturated carbocycles. The molecule has 2 rings (SSSR count). The highest BCUT2D eigenvalue weighted by atomic mass is 16.5. The molecule has 2 N–H and O–H groups in total. The molecular weight excluding hydrogens is 226 g/mol. The van der Waals surface area contributed by atoms with Crippen molar-refractivity contribution in [1.82, 2.24) is 0 Å². The molecule has 0 heterocycles. The fourth-order valence-corrected chi connectivity index (χ4v) is 1.82. The van der Waals surface area contributed by atoms with Gasteiger partial charge in [-0.1, -0.05) is 30.3 Å². The predicted octanol–water partition coefficient (Wildman–Crippen LogP) is 2.60. The second kappa shape index (κ2) is 5.47. The van der Waals surface area contributed by atoms with E-state index in [-0.39, 0.29) is 5.97 Å². The molecule has 0 saturated heterocycles. The van der Waals surface area contributed by atoms with E-state index >= 15 is 0 Å². The number of hydrogen-bond donors (Lipinski definition) is 1. The van der Waals surface area contributed by atoms with Crippen LogP contribution in [0.15, 0.2) is 48.5 Å². The fourth-order valence-electron chi connectivity index (χ4n) is 1.82. The summed E-state index contributed by atoms with van der Waals surface area (Å²) in [6.07, 6.45) is 0. The van der Waals surface area contributed by atoms with Gasteiger partial charge >= 0.3 is 5.97 Å². The topological polar surface area (TPSA) is 52.3 Å². The Labute approximate surface area is 106 Å². The number of esters is 1. The van der Waals surface area contributed by atoms with Crippen LogP contribution in [-0.4, -0.2) is 13.1 Å². The molecular formula is C15H15NO2. The molecule has 2 aromatic rings. The molecule has 18 heavy (non-hydrogen) atoms. The summed E-state index contributed by atoms with van der Waals surface area (Å²) in [5.74, 6) is -0.327. The number of hydrogen-bond acceptors (Lipinski definition) is 3. The van der Waals surface area contributed by atoms with Crippen molar-refractivity contribution in [3.8, 4) is 11.1 Å². The zero-order chi connectivity index (χ0) is 13.0. The maximum Gasteiger partial charge on any atom is 0.337 e. The zero-order valence-corrected chi connectivity index (χ0v) is 10.2. The molecule has 0 spiro atoms. The van der Waals surface area contributed by atoms with Gasteiger partial charge in [0, 0.05) is 6.54 Å². The average Bonchev–Trinajstić information content (AvgIpc) is 2.46. The molecule has 0 radical (unpaired) electrons. The fraction of sp³-hybridized carbons (Fsp3) is 0.133. The number of rotatable bonds is 3. The molecule has 0 aliphatic rings. The van der Waals surface area contributed by atoms with Crippen LogP contribution in [0.2, 0.25) is 0 Å². The molecule has 0 atom stereocenters. The Bertz CT molecular complexity index is 564. The van der Waals surface area contributed by atoms with Gasteiger partial charge in [0.15, 0.2) is 0 Å². The van der Waals surface area contributed by atoms with Crippen LogP contribution in [0.4, 0.5) is 0 Å². The molecule has 3 nitrogen and oxygen atoms in total. The van der Waals surface area contributed by atoms with E-state index in [1.165, 1.54) is 7.11 Å². The highest BCUT2D eigenvalue weighted by Gasteiger charge is 2.06. The largest absolute Gasteiger partial charge is 0.465 e. The van der Waals surface area contributed by atoms with Gasteiger partial charge in [0.25, 0.3) is 0 Å². The summed E-state index contributed by atoms with van der Waals surface area (Å²) in [5, 5.41) is 0. The van der Waals surface area contributed by atoms with Gasteiger partial charge in [-0.25, -0.2) is 4.79 Å². The predicted molar refractivity (Wildman–Crippen MR) is 71.1 cm³/mol. The maximum absolute atomic E-state index is 11.5. The molecule has 92 valence electrons. The molecule has 2 aromatic carbocycles. The van der Waals surface area contributed by atoms with Crippen molar-refractivity contribution in [2.24, 2.45) is 5.73 Å². The van der Waals surface area contributed by atoms with Crippen LogP contribution >= 0.6 is 0 Å². The average molecular weight is 241 g/mol. The summed E-state index contributed by atoms with van der Waals surface area (Å²) in [4.78, 5) is 11.5. The third kappa shape index (κ3) is 2.57. The lowest BCUT2D eigenvalue weighted by molar-refractivity contribution is 0.0601. The monoisotopic (exact) mass is 241 g/mol. The molecule has 0 aliphatic carbocycles. The van der Waals surface area contributed by atoms with Crippen LogP contribution in [0.3, 0.4) is 0 Å². The Kier molecular flexibility index (Phi) is 3.75. The highest BCUT2D eigenvalue weighted by molar-refractivity contribution is 5.90. The van der Waals surface area contributed by atoms with Gasteiger partial charge in [-0.2, -0.15) is 0 Å². The van der Waals surface area contributed by atoms with Crippen molar-refractivity contribution in [3.63, 3.8) is 0 Å². The third-order valence-electron chi connectivity index (χ3n) is 2.78. The Morgan fingerprint density at radius 2 is 1.78 bits per heavy atom. The lowest BCUT2D eigenvalue weighted by atomic mass is 10.0. The summed E-state index contributed by atoms with van der Waals surface area (Å²) >= 11 is 0. The molecule has 0 aromatic heterocycles. The van der Waals surface area contributed by atoms with Gasteiger partial charge < -0.3 is 10.5 Å². The molecule has 0 unspecified atom stereocenters. The summed E-state index contributed by atoms with van der Waals surface area (Å²) < 4.78 is 4.71.